The second-order valence-electron chi connectivity index (χ2n) is 4.10. The Hall–Kier alpha value is -1.02. The molecule has 0 aromatic heterocycles. The smallest absolute Gasteiger partial charge is 0.0424 e. The second kappa shape index (κ2) is 3.62. The zero-order chi connectivity index (χ0) is 10.1. The van der Waals surface area contributed by atoms with E-state index in [0.717, 1.165) is 6.54 Å². The second-order valence-corrected chi connectivity index (χ2v) is 4.10. The molecule has 2 heteroatoms. The summed E-state index contributed by atoms with van der Waals surface area (Å²) >= 11 is 0. The molecule has 1 aliphatic rings. The van der Waals surface area contributed by atoms with Gasteiger partial charge in [-0.3, -0.25) is 0 Å². The lowest BCUT2D eigenvalue weighted by Gasteiger charge is -2.15. The van der Waals surface area contributed by atoms with E-state index in [4.69, 9.17) is 0 Å². The highest BCUT2D eigenvalue weighted by Gasteiger charge is 2.21. The monoisotopic (exact) mass is 190 g/mol. The molecule has 0 aliphatic carbocycles. The van der Waals surface area contributed by atoms with E-state index in [1.54, 1.807) is 0 Å². The quantitative estimate of drug-likeness (QED) is 0.748. The van der Waals surface area contributed by atoms with Crippen LogP contribution in [0.4, 0.5) is 5.69 Å². The van der Waals surface area contributed by atoms with E-state index in [-0.39, 0.29) is 0 Å². The van der Waals surface area contributed by atoms with E-state index in [0.29, 0.717) is 12.0 Å². The summed E-state index contributed by atoms with van der Waals surface area (Å²) in [5, 5.41) is 6.78. The van der Waals surface area contributed by atoms with Gasteiger partial charge in [0, 0.05) is 24.2 Å². The number of benzene rings is 1. The minimum atomic E-state index is 0.419. The minimum Gasteiger partial charge on any atom is -0.384 e. The van der Waals surface area contributed by atoms with Gasteiger partial charge in [-0.25, -0.2) is 0 Å². The van der Waals surface area contributed by atoms with Crippen molar-refractivity contribution in [2.75, 3.05) is 18.9 Å². The lowest BCUT2D eigenvalue weighted by molar-refractivity contribution is 0.654. The van der Waals surface area contributed by atoms with Crippen LogP contribution in [0.5, 0.6) is 0 Å². The van der Waals surface area contributed by atoms with Gasteiger partial charge in [0.05, 0.1) is 0 Å². The normalized spacial score (nSPS) is 21.5. The van der Waals surface area contributed by atoms with Gasteiger partial charge in [0.25, 0.3) is 0 Å². The molecule has 1 heterocycles. The van der Waals surface area contributed by atoms with Crippen molar-refractivity contribution in [2.24, 2.45) is 0 Å². The molecule has 1 aromatic carbocycles. The van der Waals surface area contributed by atoms with Crippen LogP contribution in [0.25, 0.3) is 0 Å². The molecule has 0 radical (unpaired) electrons. The summed E-state index contributed by atoms with van der Waals surface area (Å²) in [4.78, 5) is 0. The number of fused-ring (bicyclic) bond motifs is 1. The number of rotatable bonds is 2. The van der Waals surface area contributed by atoms with E-state index < -0.39 is 0 Å². The Kier molecular flexibility index (Phi) is 2.46. The van der Waals surface area contributed by atoms with Crippen LogP contribution in [0.1, 0.15) is 36.9 Å². The molecular formula is C12H18N2. The third-order valence-corrected chi connectivity index (χ3v) is 3.14. The fraction of sp³-hybridized carbons (Fsp3) is 0.500. The Labute approximate surface area is 85.7 Å². The molecule has 2 nitrogen and oxygen atoms in total. The molecule has 0 saturated carbocycles. The highest BCUT2D eigenvalue weighted by molar-refractivity contribution is 5.63. The lowest BCUT2D eigenvalue weighted by Crippen LogP contribution is -2.13. The van der Waals surface area contributed by atoms with Gasteiger partial charge in [0.15, 0.2) is 0 Å². The predicted molar refractivity (Wildman–Crippen MR) is 60.8 cm³/mol. The van der Waals surface area contributed by atoms with E-state index in [1.807, 2.05) is 7.05 Å². The van der Waals surface area contributed by atoms with E-state index in [9.17, 15) is 0 Å². The number of hydrogen-bond acceptors (Lipinski definition) is 2. The third kappa shape index (κ3) is 1.40. The molecule has 1 aliphatic heterocycles. The summed E-state index contributed by atoms with van der Waals surface area (Å²) in [6.07, 6.45) is 0. The van der Waals surface area contributed by atoms with Crippen molar-refractivity contribution in [1.82, 2.24) is 5.32 Å². The molecule has 2 N–H and O–H groups in total. The molecule has 2 atom stereocenters. The minimum absolute atomic E-state index is 0.419. The van der Waals surface area contributed by atoms with Gasteiger partial charge in [-0.1, -0.05) is 25.1 Å². The third-order valence-electron chi connectivity index (χ3n) is 3.14. The van der Waals surface area contributed by atoms with Gasteiger partial charge < -0.3 is 10.6 Å². The molecular weight excluding hydrogens is 172 g/mol. The summed E-state index contributed by atoms with van der Waals surface area (Å²) in [5.41, 5.74) is 4.20. The van der Waals surface area contributed by atoms with Crippen molar-refractivity contribution in [2.45, 2.75) is 25.8 Å². The Morgan fingerprint density at radius 3 is 3.00 bits per heavy atom. The van der Waals surface area contributed by atoms with Crippen LogP contribution in [0.15, 0.2) is 18.2 Å². The van der Waals surface area contributed by atoms with Gasteiger partial charge in [-0.2, -0.15) is 0 Å². The highest BCUT2D eigenvalue weighted by atomic mass is 14.9. The van der Waals surface area contributed by atoms with E-state index in [1.165, 1.54) is 16.8 Å². The Morgan fingerprint density at radius 1 is 1.50 bits per heavy atom. The molecule has 0 spiro atoms. The topological polar surface area (TPSA) is 24.1 Å². The average Bonchev–Trinajstić information content (AvgIpc) is 2.59. The number of hydrogen-bond donors (Lipinski definition) is 2. The standard InChI is InChI=1S/C12H18N2/c1-8-7-14-12-10(8)5-4-6-11(12)9(2)13-3/h4-6,8-9,13-14H,7H2,1-3H3. The first-order valence-electron chi connectivity index (χ1n) is 5.28. The van der Waals surface area contributed by atoms with Crippen LogP contribution in [0.3, 0.4) is 0 Å². The summed E-state index contributed by atoms with van der Waals surface area (Å²) in [6.45, 7) is 5.54. The molecule has 0 amide bonds. The Bertz CT molecular complexity index is 333. The first-order chi connectivity index (χ1) is 6.74. The maximum absolute atomic E-state index is 3.49. The van der Waals surface area contributed by atoms with E-state index >= 15 is 0 Å². The summed E-state index contributed by atoms with van der Waals surface area (Å²) in [5.74, 6) is 0.647. The first-order valence-corrected chi connectivity index (χ1v) is 5.28. The van der Waals surface area contributed by atoms with Crippen LogP contribution in [-0.2, 0) is 0 Å². The van der Waals surface area contributed by atoms with Crippen LogP contribution < -0.4 is 10.6 Å². The number of para-hydroxylation sites is 1. The van der Waals surface area contributed by atoms with Gasteiger partial charge in [-0.05, 0) is 25.1 Å². The van der Waals surface area contributed by atoms with Crippen LogP contribution >= 0.6 is 0 Å². The van der Waals surface area contributed by atoms with Crippen LogP contribution in [0, 0.1) is 0 Å². The number of nitrogens with one attached hydrogen (secondary N) is 2. The predicted octanol–water partition coefficient (Wildman–Crippen LogP) is 2.50. The summed E-state index contributed by atoms with van der Waals surface area (Å²) in [6, 6.07) is 7.00. The molecule has 0 bridgehead atoms. The maximum atomic E-state index is 3.49. The van der Waals surface area contributed by atoms with Gasteiger partial charge >= 0.3 is 0 Å². The van der Waals surface area contributed by atoms with Gasteiger partial charge in [0.2, 0.25) is 0 Å². The lowest BCUT2D eigenvalue weighted by atomic mass is 9.98. The fourth-order valence-corrected chi connectivity index (χ4v) is 2.09. The molecule has 76 valence electrons. The molecule has 14 heavy (non-hydrogen) atoms. The highest BCUT2D eigenvalue weighted by Crippen LogP contribution is 2.36. The van der Waals surface area contributed by atoms with Gasteiger partial charge in [-0.15, -0.1) is 0 Å². The fourth-order valence-electron chi connectivity index (χ4n) is 2.09. The van der Waals surface area contributed by atoms with Gasteiger partial charge in [0.1, 0.15) is 0 Å². The van der Waals surface area contributed by atoms with Crippen molar-refractivity contribution in [3.63, 3.8) is 0 Å². The molecule has 0 fully saturated rings. The molecule has 0 saturated heterocycles. The van der Waals surface area contributed by atoms with Crippen LogP contribution in [-0.4, -0.2) is 13.6 Å². The average molecular weight is 190 g/mol. The largest absolute Gasteiger partial charge is 0.384 e. The van der Waals surface area contributed by atoms with Crippen molar-refractivity contribution in [3.8, 4) is 0 Å². The SMILES string of the molecule is CNC(C)c1cccc2c1NCC2C. The first kappa shape index (κ1) is 9.53. The molecule has 2 unspecified atom stereocenters. The van der Waals surface area contributed by atoms with Crippen molar-refractivity contribution in [1.29, 1.82) is 0 Å². The zero-order valence-electron chi connectivity index (χ0n) is 9.09. The summed E-state index contributed by atoms with van der Waals surface area (Å²) < 4.78 is 0. The van der Waals surface area contributed by atoms with Crippen LogP contribution in [0.2, 0.25) is 0 Å². The molecule has 2 rings (SSSR count). The maximum Gasteiger partial charge on any atom is 0.0424 e. The Balaban J connectivity index is 2.43. The summed E-state index contributed by atoms with van der Waals surface area (Å²) in [7, 11) is 2.00. The number of anilines is 1. The van der Waals surface area contributed by atoms with Crippen molar-refractivity contribution in [3.05, 3.63) is 29.3 Å². The van der Waals surface area contributed by atoms with Crippen molar-refractivity contribution < 1.29 is 0 Å². The zero-order valence-corrected chi connectivity index (χ0v) is 9.09. The molecule has 1 aromatic rings. The Morgan fingerprint density at radius 2 is 2.29 bits per heavy atom. The van der Waals surface area contributed by atoms with Crippen molar-refractivity contribution >= 4 is 5.69 Å². The van der Waals surface area contributed by atoms with E-state index in [2.05, 4.69) is 42.7 Å².